The molecule has 1 aliphatic heterocycles. The van der Waals surface area contributed by atoms with Gasteiger partial charge in [-0.15, -0.1) is 0 Å². The number of rotatable bonds is 6. The van der Waals surface area contributed by atoms with Crippen LogP contribution in [0.3, 0.4) is 0 Å². The Bertz CT molecular complexity index is 1260. The lowest BCUT2D eigenvalue weighted by Gasteiger charge is -2.19. The molecule has 2 aromatic carbocycles. The molecule has 0 bridgehead atoms. The van der Waals surface area contributed by atoms with Crippen molar-refractivity contribution in [3.63, 3.8) is 0 Å². The van der Waals surface area contributed by atoms with Crippen molar-refractivity contribution in [1.29, 1.82) is 0 Å². The Morgan fingerprint density at radius 2 is 2.12 bits per heavy atom. The van der Waals surface area contributed by atoms with Gasteiger partial charge in [0.25, 0.3) is 5.91 Å². The van der Waals surface area contributed by atoms with E-state index in [4.69, 9.17) is 11.6 Å². The molecular formula is C23H22ClF3N4O2S. The smallest absolute Gasteiger partial charge is 0.416 e. The SMILES string of the molecule is C=C(C)NC1CCN(Cc2cc(Cl)cc(C(=O)Nc3nc4ccc(C(F)(F)F)cc4s3)c2O)C1. The van der Waals surface area contributed by atoms with Crippen LogP contribution in [0, 0.1) is 0 Å². The Hall–Kier alpha value is -2.82. The number of phenols is 1. The number of thiazole rings is 1. The van der Waals surface area contributed by atoms with Crippen molar-refractivity contribution in [3.8, 4) is 5.75 Å². The Balaban J connectivity index is 1.51. The second-order valence-electron chi connectivity index (χ2n) is 8.26. The summed E-state index contributed by atoms with van der Waals surface area (Å²) in [5.41, 5.74) is 0.902. The number of allylic oxidation sites excluding steroid dienone is 1. The lowest BCUT2D eigenvalue weighted by molar-refractivity contribution is -0.137. The number of nitrogens with zero attached hydrogens (tertiary/aromatic N) is 2. The summed E-state index contributed by atoms with van der Waals surface area (Å²) in [6.45, 7) is 7.73. The van der Waals surface area contributed by atoms with Gasteiger partial charge in [0.2, 0.25) is 0 Å². The highest BCUT2D eigenvalue weighted by molar-refractivity contribution is 7.22. The number of hydrogen-bond donors (Lipinski definition) is 3. The van der Waals surface area contributed by atoms with Crippen LogP contribution in [0.2, 0.25) is 5.02 Å². The van der Waals surface area contributed by atoms with E-state index in [0.29, 0.717) is 17.6 Å². The number of aromatic nitrogens is 1. The summed E-state index contributed by atoms with van der Waals surface area (Å²) in [5.74, 6) is -0.849. The summed E-state index contributed by atoms with van der Waals surface area (Å²) in [6, 6.07) is 6.41. The fourth-order valence-electron chi connectivity index (χ4n) is 3.95. The molecule has 0 saturated carbocycles. The number of alkyl halides is 3. The lowest BCUT2D eigenvalue weighted by Crippen LogP contribution is -2.30. The molecule has 34 heavy (non-hydrogen) atoms. The van der Waals surface area contributed by atoms with E-state index in [2.05, 4.69) is 27.1 Å². The van der Waals surface area contributed by atoms with E-state index < -0.39 is 17.6 Å². The monoisotopic (exact) mass is 510 g/mol. The second-order valence-corrected chi connectivity index (χ2v) is 9.73. The fourth-order valence-corrected chi connectivity index (χ4v) is 5.09. The highest BCUT2D eigenvalue weighted by Gasteiger charge is 2.31. The molecule has 3 aromatic rings. The van der Waals surface area contributed by atoms with Gasteiger partial charge in [-0.3, -0.25) is 15.0 Å². The topological polar surface area (TPSA) is 77.5 Å². The van der Waals surface area contributed by atoms with Gasteiger partial charge < -0.3 is 10.4 Å². The number of carbonyl (C=O) groups excluding carboxylic acids is 1. The molecular weight excluding hydrogens is 489 g/mol. The summed E-state index contributed by atoms with van der Waals surface area (Å²) in [7, 11) is 0. The van der Waals surface area contributed by atoms with E-state index in [9.17, 15) is 23.1 Å². The van der Waals surface area contributed by atoms with E-state index in [1.165, 1.54) is 12.1 Å². The number of hydrogen-bond acceptors (Lipinski definition) is 6. The van der Waals surface area contributed by atoms with Crippen molar-refractivity contribution in [3.05, 3.63) is 64.3 Å². The van der Waals surface area contributed by atoms with Gasteiger partial charge in [0, 0.05) is 42.0 Å². The van der Waals surface area contributed by atoms with E-state index in [1.807, 2.05) is 6.92 Å². The van der Waals surface area contributed by atoms with Crippen molar-refractivity contribution in [1.82, 2.24) is 15.2 Å². The molecule has 4 rings (SSSR count). The fraction of sp³-hybridized carbons (Fsp3) is 0.304. The standard InChI is InChI=1S/C23H22ClF3N4O2S/c1-12(2)28-16-5-6-31(11-16)10-13-7-15(24)9-17(20(13)32)21(33)30-22-29-18-4-3-14(23(25,26)27)8-19(18)34-22/h3-4,7-9,16,28,32H,1,5-6,10-11H2,2H3,(H,29,30,33). The molecule has 1 saturated heterocycles. The van der Waals surface area contributed by atoms with Crippen LogP contribution in [0.1, 0.15) is 34.8 Å². The number of likely N-dealkylation sites (tertiary alicyclic amines) is 1. The van der Waals surface area contributed by atoms with Crippen LogP contribution in [0.15, 0.2) is 42.6 Å². The van der Waals surface area contributed by atoms with Crippen LogP contribution in [0.4, 0.5) is 18.3 Å². The molecule has 11 heteroatoms. The third-order valence-corrected chi connectivity index (χ3v) is 6.60. The zero-order chi connectivity index (χ0) is 24.6. The minimum atomic E-state index is -4.47. The Labute approximate surface area is 203 Å². The Morgan fingerprint density at radius 3 is 2.82 bits per heavy atom. The molecule has 0 aliphatic carbocycles. The van der Waals surface area contributed by atoms with E-state index >= 15 is 0 Å². The van der Waals surface area contributed by atoms with Gasteiger partial charge in [-0.05, 0) is 43.7 Å². The van der Waals surface area contributed by atoms with Crippen LogP contribution < -0.4 is 10.6 Å². The quantitative estimate of drug-likeness (QED) is 0.401. The van der Waals surface area contributed by atoms with Crippen molar-refractivity contribution in [2.45, 2.75) is 32.1 Å². The molecule has 1 atom stereocenters. The summed E-state index contributed by atoms with van der Waals surface area (Å²) < 4.78 is 39.2. The number of benzene rings is 2. The van der Waals surface area contributed by atoms with E-state index in [-0.39, 0.29) is 32.2 Å². The minimum absolute atomic E-state index is 0.0338. The first-order valence-corrected chi connectivity index (χ1v) is 11.6. The van der Waals surface area contributed by atoms with Crippen LogP contribution in [0.5, 0.6) is 5.75 Å². The van der Waals surface area contributed by atoms with Crippen molar-refractivity contribution >= 4 is 44.2 Å². The first kappa shape index (κ1) is 24.3. The molecule has 0 radical (unpaired) electrons. The molecule has 1 aliphatic rings. The number of anilines is 1. The van der Waals surface area contributed by atoms with E-state index in [0.717, 1.165) is 48.7 Å². The highest BCUT2D eigenvalue weighted by Crippen LogP contribution is 2.35. The third-order valence-electron chi connectivity index (χ3n) is 5.45. The zero-order valence-corrected chi connectivity index (χ0v) is 19.7. The van der Waals surface area contributed by atoms with Gasteiger partial charge >= 0.3 is 6.18 Å². The maximum absolute atomic E-state index is 13.0. The van der Waals surface area contributed by atoms with Gasteiger partial charge in [0.1, 0.15) is 5.75 Å². The van der Waals surface area contributed by atoms with Crippen LogP contribution in [-0.4, -0.2) is 40.0 Å². The van der Waals surface area contributed by atoms with Crippen molar-refractivity contribution in [2.75, 3.05) is 18.4 Å². The molecule has 1 fully saturated rings. The molecule has 1 amide bonds. The van der Waals surface area contributed by atoms with Gasteiger partial charge in [-0.1, -0.05) is 29.5 Å². The molecule has 180 valence electrons. The van der Waals surface area contributed by atoms with Gasteiger partial charge in [0.05, 0.1) is 21.3 Å². The second kappa shape index (κ2) is 9.44. The maximum Gasteiger partial charge on any atom is 0.416 e. The molecule has 2 heterocycles. The zero-order valence-electron chi connectivity index (χ0n) is 18.2. The number of halogens is 4. The van der Waals surface area contributed by atoms with Crippen LogP contribution >= 0.6 is 22.9 Å². The predicted molar refractivity (Wildman–Crippen MR) is 127 cm³/mol. The number of aromatic hydroxyl groups is 1. The van der Waals surface area contributed by atoms with Gasteiger partial charge in [0.15, 0.2) is 5.13 Å². The summed E-state index contributed by atoms with van der Waals surface area (Å²) >= 11 is 7.14. The van der Waals surface area contributed by atoms with Crippen molar-refractivity contribution < 1.29 is 23.1 Å². The first-order valence-electron chi connectivity index (χ1n) is 10.4. The average Bonchev–Trinajstić information content (AvgIpc) is 3.34. The summed E-state index contributed by atoms with van der Waals surface area (Å²) in [4.78, 5) is 19.2. The molecule has 0 spiro atoms. The average molecular weight is 511 g/mol. The molecule has 1 aromatic heterocycles. The lowest BCUT2D eigenvalue weighted by atomic mass is 10.1. The predicted octanol–water partition coefficient (Wildman–Crippen LogP) is 5.62. The number of phenolic OH excluding ortho intramolecular Hbond substituents is 1. The van der Waals surface area contributed by atoms with Crippen LogP contribution in [0.25, 0.3) is 10.2 Å². The number of nitrogens with one attached hydrogen (secondary N) is 2. The first-order chi connectivity index (χ1) is 16.0. The molecule has 1 unspecified atom stereocenters. The third kappa shape index (κ3) is 5.45. The minimum Gasteiger partial charge on any atom is -0.507 e. The maximum atomic E-state index is 13.0. The number of amides is 1. The summed E-state index contributed by atoms with van der Waals surface area (Å²) in [5, 5.41) is 17.0. The molecule has 6 nitrogen and oxygen atoms in total. The van der Waals surface area contributed by atoms with Gasteiger partial charge in [-0.2, -0.15) is 13.2 Å². The highest BCUT2D eigenvalue weighted by atomic mass is 35.5. The Morgan fingerprint density at radius 1 is 1.35 bits per heavy atom. The number of fused-ring (bicyclic) bond motifs is 1. The van der Waals surface area contributed by atoms with Crippen molar-refractivity contribution in [2.24, 2.45) is 0 Å². The largest absolute Gasteiger partial charge is 0.507 e. The normalized spacial score (nSPS) is 16.7. The van der Waals surface area contributed by atoms with Gasteiger partial charge in [-0.25, -0.2) is 4.98 Å². The Kier molecular flexibility index (Phi) is 6.75. The van der Waals surface area contributed by atoms with E-state index in [1.54, 1.807) is 6.07 Å². The summed E-state index contributed by atoms with van der Waals surface area (Å²) in [6.07, 6.45) is -3.55. The van der Waals surface area contributed by atoms with Crippen LogP contribution in [-0.2, 0) is 12.7 Å². The number of carbonyl (C=O) groups is 1. The molecule has 3 N–H and O–H groups in total.